The Hall–Kier alpha value is -2.10. The van der Waals surface area contributed by atoms with E-state index in [1.54, 1.807) is 6.20 Å². The molecule has 2 aromatic carbocycles. The molecule has 3 nitrogen and oxygen atoms in total. The Labute approximate surface area is 128 Å². The molecule has 0 aliphatic heterocycles. The highest BCUT2D eigenvalue weighted by Gasteiger charge is 2.01. The first-order valence-electron chi connectivity index (χ1n) is 6.70. The van der Waals surface area contributed by atoms with E-state index in [1.165, 1.54) is 0 Å². The molecule has 0 saturated carbocycles. The first kappa shape index (κ1) is 13.9. The Bertz CT molecular complexity index is 774. The zero-order valence-corrected chi connectivity index (χ0v) is 12.2. The minimum atomic E-state index is 0.479. The van der Waals surface area contributed by atoms with Crippen LogP contribution in [0.4, 0.5) is 0 Å². The molecule has 2 N–H and O–H groups in total. The van der Waals surface area contributed by atoms with Crippen molar-refractivity contribution in [3.63, 3.8) is 0 Å². The number of halogens is 1. The fourth-order valence-corrected chi connectivity index (χ4v) is 2.35. The molecule has 106 valence electrons. The number of hydrogen-bond donors (Lipinski definition) is 1. The monoisotopic (exact) mass is 298 g/mol. The molecule has 4 heteroatoms. The molecule has 0 saturated heterocycles. The second-order valence-electron chi connectivity index (χ2n) is 4.82. The van der Waals surface area contributed by atoms with Crippen LogP contribution < -0.4 is 10.5 Å². The average molecular weight is 299 g/mol. The molecule has 1 aromatic heterocycles. The van der Waals surface area contributed by atoms with Gasteiger partial charge in [0.05, 0.1) is 5.52 Å². The largest absolute Gasteiger partial charge is 0.489 e. The summed E-state index contributed by atoms with van der Waals surface area (Å²) in [6, 6.07) is 15.6. The minimum Gasteiger partial charge on any atom is -0.489 e. The van der Waals surface area contributed by atoms with E-state index in [0.717, 1.165) is 27.8 Å². The second kappa shape index (κ2) is 6.12. The summed E-state index contributed by atoms with van der Waals surface area (Å²) < 4.78 is 5.79. The average Bonchev–Trinajstić information content (AvgIpc) is 2.52. The van der Waals surface area contributed by atoms with Crippen LogP contribution in [0.3, 0.4) is 0 Å². The van der Waals surface area contributed by atoms with Crippen LogP contribution in [0, 0.1) is 0 Å². The third-order valence-corrected chi connectivity index (χ3v) is 3.48. The summed E-state index contributed by atoms with van der Waals surface area (Å²) in [4.78, 5) is 4.40. The zero-order chi connectivity index (χ0) is 14.7. The van der Waals surface area contributed by atoms with Crippen LogP contribution in [0.2, 0.25) is 5.02 Å². The van der Waals surface area contributed by atoms with E-state index < -0.39 is 0 Å². The number of nitrogens with zero attached hydrogens (tertiary/aromatic N) is 1. The van der Waals surface area contributed by atoms with Gasteiger partial charge in [0, 0.05) is 29.2 Å². The van der Waals surface area contributed by atoms with Crippen molar-refractivity contribution >= 4 is 22.5 Å². The quantitative estimate of drug-likeness (QED) is 0.794. The lowest BCUT2D eigenvalue weighted by Crippen LogP contribution is -1.98. The van der Waals surface area contributed by atoms with Crippen LogP contribution in [0.1, 0.15) is 11.1 Å². The fourth-order valence-electron chi connectivity index (χ4n) is 2.14. The standard InChI is InChI=1S/C17H15ClN2O/c18-15-3-1-2-12(7-15)11-21-16-5-4-14-6-13(9-19)10-20-17(14)8-16/h1-8,10H,9,11,19H2. The smallest absolute Gasteiger partial charge is 0.122 e. The summed E-state index contributed by atoms with van der Waals surface area (Å²) in [5, 5.41) is 1.78. The van der Waals surface area contributed by atoms with Gasteiger partial charge in [-0.25, -0.2) is 0 Å². The van der Waals surface area contributed by atoms with Gasteiger partial charge in [-0.15, -0.1) is 0 Å². The minimum absolute atomic E-state index is 0.479. The van der Waals surface area contributed by atoms with Gasteiger partial charge >= 0.3 is 0 Å². The van der Waals surface area contributed by atoms with E-state index in [9.17, 15) is 0 Å². The zero-order valence-electron chi connectivity index (χ0n) is 11.4. The summed E-state index contributed by atoms with van der Waals surface area (Å²) in [5.41, 5.74) is 8.58. The summed E-state index contributed by atoms with van der Waals surface area (Å²) in [6.45, 7) is 0.975. The molecule has 0 aliphatic carbocycles. The molecule has 21 heavy (non-hydrogen) atoms. The summed E-state index contributed by atoms with van der Waals surface area (Å²) >= 11 is 5.96. The topological polar surface area (TPSA) is 48.1 Å². The molecule has 0 bridgehead atoms. The van der Waals surface area contributed by atoms with Crippen molar-refractivity contribution in [1.82, 2.24) is 4.98 Å². The normalized spacial score (nSPS) is 10.8. The SMILES string of the molecule is NCc1cnc2cc(OCc3cccc(Cl)c3)ccc2c1. The van der Waals surface area contributed by atoms with Gasteiger partial charge in [-0.1, -0.05) is 23.7 Å². The first-order chi connectivity index (χ1) is 10.2. The third-order valence-electron chi connectivity index (χ3n) is 3.24. The Morgan fingerprint density at radius 1 is 1.05 bits per heavy atom. The van der Waals surface area contributed by atoms with Crippen molar-refractivity contribution < 1.29 is 4.74 Å². The molecule has 0 fully saturated rings. The van der Waals surface area contributed by atoms with E-state index in [2.05, 4.69) is 4.98 Å². The van der Waals surface area contributed by atoms with Crippen LogP contribution >= 0.6 is 11.6 Å². The molecule has 3 aromatic rings. The van der Waals surface area contributed by atoms with Gasteiger partial charge in [0.25, 0.3) is 0 Å². The highest BCUT2D eigenvalue weighted by atomic mass is 35.5. The maximum atomic E-state index is 5.96. The van der Waals surface area contributed by atoms with Crippen LogP contribution in [0.5, 0.6) is 5.75 Å². The molecule has 0 atom stereocenters. The van der Waals surface area contributed by atoms with Crippen molar-refractivity contribution in [3.8, 4) is 5.75 Å². The molecule has 3 rings (SSSR count). The van der Waals surface area contributed by atoms with Crippen molar-refractivity contribution in [1.29, 1.82) is 0 Å². The lowest BCUT2D eigenvalue weighted by Gasteiger charge is -2.08. The van der Waals surface area contributed by atoms with Gasteiger partial charge in [-0.05, 0) is 41.5 Å². The van der Waals surface area contributed by atoms with Crippen molar-refractivity contribution in [2.45, 2.75) is 13.2 Å². The number of aromatic nitrogens is 1. The highest BCUT2D eigenvalue weighted by molar-refractivity contribution is 6.30. The molecule has 0 aliphatic rings. The molecule has 0 radical (unpaired) electrons. The predicted molar refractivity (Wildman–Crippen MR) is 85.4 cm³/mol. The van der Waals surface area contributed by atoms with Crippen molar-refractivity contribution in [3.05, 3.63) is 70.9 Å². The maximum Gasteiger partial charge on any atom is 0.122 e. The van der Waals surface area contributed by atoms with Crippen LogP contribution in [-0.2, 0) is 13.2 Å². The Morgan fingerprint density at radius 3 is 2.76 bits per heavy atom. The molecular weight excluding hydrogens is 284 g/mol. The number of fused-ring (bicyclic) bond motifs is 1. The molecule has 0 spiro atoms. The number of rotatable bonds is 4. The Morgan fingerprint density at radius 2 is 1.95 bits per heavy atom. The number of nitrogens with two attached hydrogens (primary N) is 1. The summed E-state index contributed by atoms with van der Waals surface area (Å²) in [6.07, 6.45) is 1.79. The fraction of sp³-hybridized carbons (Fsp3) is 0.118. The Balaban J connectivity index is 1.78. The van der Waals surface area contributed by atoms with Gasteiger partial charge in [-0.2, -0.15) is 0 Å². The second-order valence-corrected chi connectivity index (χ2v) is 5.26. The third kappa shape index (κ3) is 3.32. The van der Waals surface area contributed by atoms with Gasteiger partial charge in [0.2, 0.25) is 0 Å². The number of pyridine rings is 1. The van der Waals surface area contributed by atoms with Crippen LogP contribution in [0.25, 0.3) is 10.9 Å². The molecule has 1 heterocycles. The van der Waals surface area contributed by atoms with Gasteiger partial charge < -0.3 is 10.5 Å². The molecule has 0 amide bonds. The van der Waals surface area contributed by atoms with Gasteiger partial charge in [0.1, 0.15) is 12.4 Å². The van der Waals surface area contributed by atoms with E-state index >= 15 is 0 Å². The van der Waals surface area contributed by atoms with Crippen molar-refractivity contribution in [2.24, 2.45) is 5.73 Å². The predicted octanol–water partition coefficient (Wildman–Crippen LogP) is 3.93. The maximum absolute atomic E-state index is 5.96. The van der Waals surface area contributed by atoms with Crippen LogP contribution in [0.15, 0.2) is 54.7 Å². The lowest BCUT2D eigenvalue weighted by atomic mass is 10.1. The van der Waals surface area contributed by atoms with Gasteiger partial charge in [-0.3, -0.25) is 4.98 Å². The number of hydrogen-bond acceptors (Lipinski definition) is 3. The summed E-state index contributed by atoms with van der Waals surface area (Å²) in [7, 11) is 0. The van der Waals surface area contributed by atoms with E-state index in [-0.39, 0.29) is 0 Å². The lowest BCUT2D eigenvalue weighted by molar-refractivity contribution is 0.306. The first-order valence-corrected chi connectivity index (χ1v) is 7.08. The highest BCUT2D eigenvalue weighted by Crippen LogP contribution is 2.21. The summed E-state index contributed by atoms with van der Waals surface area (Å²) in [5.74, 6) is 0.787. The van der Waals surface area contributed by atoms with E-state index in [4.69, 9.17) is 22.1 Å². The molecular formula is C17H15ClN2O. The van der Waals surface area contributed by atoms with Gasteiger partial charge in [0.15, 0.2) is 0 Å². The molecule has 0 unspecified atom stereocenters. The number of ether oxygens (including phenoxy) is 1. The van der Waals surface area contributed by atoms with Crippen molar-refractivity contribution in [2.75, 3.05) is 0 Å². The van der Waals surface area contributed by atoms with E-state index in [1.807, 2.05) is 48.5 Å². The van der Waals surface area contributed by atoms with E-state index in [0.29, 0.717) is 18.2 Å². The van der Waals surface area contributed by atoms with Crippen LogP contribution in [-0.4, -0.2) is 4.98 Å². The Kier molecular flexibility index (Phi) is 4.04. The number of benzene rings is 2.